The molecule has 0 radical (unpaired) electrons. The van der Waals surface area contributed by atoms with Crippen LogP contribution in [0.25, 0.3) is 0 Å². The second-order valence-electron chi connectivity index (χ2n) is 13.4. The standard InChI is InChI=1S/C46H42F4N4O6/c1-5-19-53(35-11-15-37(59-3)16-12-35)45(57)41(25-29-21-31(47)27-32(48)22-29)51-43(55)39-9-7-8-10-40(39)44(56)52-42(26-30-23-33(49)28-34(50)24-30)46(58)54(20-6-2)36-13-17-38(60-4)18-14-36/h5-18,21-24,27-28,41-42H,1-2,19-20,25-26H2,3-4H3,(H,51,55)(H,52,56)/t41-,42-/m0/s1. The zero-order chi connectivity index (χ0) is 43.3. The van der Waals surface area contributed by atoms with E-state index in [0.29, 0.717) is 35.0 Å². The van der Waals surface area contributed by atoms with Gasteiger partial charge in [-0.1, -0.05) is 24.3 Å². The van der Waals surface area contributed by atoms with E-state index in [9.17, 15) is 36.7 Å². The molecule has 0 unspecified atom stereocenters. The number of amides is 4. The molecule has 0 spiro atoms. The first-order valence-electron chi connectivity index (χ1n) is 18.6. The van der Waals surface area contributed by atoms with Gasteiger partial charge in [0, 0.05) is 49.4 Å². The molecule has 14 heteroatoms. The van der Waals surface area contributed by atoms with Crippen molar-refractivity contribution < 1.29 is 46.2 Å². The van der Waals surface area contributed by atoms with Gasteiger partial charge in [0.25, 0.3) is 11.8 Å². The van der Waals surface area contributed by atoms with Crippen molar-refractivity contribution in [1.29, 1.82) is 0 Å². The molecule has 60 heavy (non-hydrogen) atoms. The van der Waals surface area contributed by atoms with E-state index in [1.807, 2.05) is 0 Å². The summed E-state index contributed by atoms with van der Waals surface area (Å²) in [6.07, 6.45) is 2.21. The lowest BCUT2D eigenvalue weighted by atomic mass is 10.0. The predicted octanol–water partition coefficient (Wildman–Crippen LogP) is 7.38. The van der Waals surface area contributed by atoms with Gasteiger partial charge in [-0.05, 0) is 96.1 Å². The van der Waals surface area contributed by atoms with Crippen molar-refractivity contribution >= 4 is 35.0 Å². The summed E-state index contributed by atoms with van der Waals surface area (Å²) in [5.41, 5.74) is 0.472. The predicted molar refractivity (Wildman–Crippen MR) is 220 cm³/mol. The van der Waals surface area contributed by atoms with Crippen molar-refractivity contribution in [3.63, 3.8) is 0 Å². The number of hydrogen-bond donors (Lipinski definition) is 2. The molecule has 2 N–H and O–H groups in total. The lowest BCUT2D eigenvalue weighted by Gasteiger charge is -2.28. The Bertz CT molecular complexity index is 2150. The van der Waals surface area contributed by atoms with Gasteiger partial charge in [-0.15, -0.1) is 13.2 Å². The van der Waals surface area contributed by atoms with Gasteiger partial charge in [-0.25, -0.2) is 17.6 Å². The molecule has 310 valence electrons. The monoisotopic (exact) mass is 822 g/mol. The van der Waals surface area contributed by atoms with Crippen LogP contribution in [-0.4, -0.2) is 63.0 Å². The number of hydrogen-bond acceptors (Lipinski definition) is 6. The number of benzene rings is 5. The maximum atomic E-state index is 14.4. The Morgan fingerprint density at radius 1 is 0.567 bits per heavy atom. The quantitative estimate of drug-likeness (QED) is 0.0704. The van der Waals surface area contributed by atoms with Crippen molar-refractivity contribution in [2.45, 2.75) is 24.9 Å². The minimum atomic E-state index is -1.44. The number of nitrogens with zero attached hydrogens (tertiary/aromatic N) is 2. The van der Waals surface area contributed by atoms with Crippen LogP contribution in [0.4, 0.5) is 28.9 Å². The van der Waals surface area contributed by atoms with Gasteiger partial charge < -0.3 is 29.9 Å². The van der Waals surface area contributed by atoms with Gasteiger partial charge in [-0.2, -0.15) is 0 Å². The van der Waals surface area contributed by atoms with Crippen LogP contribution >= 0.6 is 0 Å². The van der Waals surface area contributed by atoms with E-state index in [-0.39, 0.29) is 48.2 Å². The van der Waals surface area contributed by atoms with E-state index >= 15 is 0 Å². The van der Waals surface area contributed by atoms with E-state index in [1.165, 1.54) is 60.4 Å². The highest BCUT2D eigenvalue weighted by molar-refractivity contribution is 6.10. The molecule has 4 amide bonds. The Hall–Kier alpha value is -7.22. The third-order valence-corrected chi connectivity index (χ3v) is 9.27. The highest BCUT2D eigenvalue weighted by Crippen LogP contribution is 2.24. The number of carbonyl (C=O) groups is 4. The highest BCUT2D eigenvalue weighted by atomic mass is 19.1. The fraction of sp³-hybridized carbons (Fsp3) is 0.174. The second kappa shape index (κ2) is 20.5. The smallest absolute Gasteiger partial charge is 0.252 e. The molecule has 2 atom stereocenters. The van der Waals surface area contributed by atoms with Gasteiger partial charge in [-0.3, -0.25) is 19.2 Å². The third-order valence-electron chi connectivity index (χ3n) is 9.27. The van der Waals surface area contributed by atoms with Crippen molar-refractivity contribution in [3.05, 3.63) is 180 Å². The Morgan fingerprint density at radius 3 is 1.20 bits per heavy atom. The summed E-state index contributed by atoms with van der Waals surface area (Å²) >= 11 is 0. The minimum Gasteiger partial charge on any atom is -0.497 e. The topological polar surface area (TPSA) is 117 Å². The lowest BCUT2D eigenvalue weighted by Crippen LogP contribution is -2.51. The minimum absolute atomic E-state index is 0.0158. The van der Waals surface area contributed by atoms with Gasteiger partial charge in [0.15, 0.2) is 0 Å². The molecule has 0 aliphatic heterocycles. The number of ether oxygens (including phenoxy) is 2. The summed E-state index contributed by atoms with van der Waals surface area (Å²) in [5.74, 6) is -5.73. The summed E-state index contributed by atoms with van der Waals surface area (Å²) in [6.45, 7) is 7.45. The SMILES string of the molecule is C=CCN(C(=O)[C@H](Cc1cc(F)cc(F)c1)NC(=O)c1ccccc1C(=O)N[C@@H](Cc1cc(F)cc(F)c1)C(=O)N(CC=C)c1ccc(OC)cc1)c1ccc(OC)cc1. The summed E-state index contributed by atoms with van der Waals surface area (Å²) in [5, 5.41) is 5.29. The molecule has 0 aromatic heterocycles. The first kappa shape index (κ1) is 43.9. The maximum absolute atomic E-state index is 14.4. The third kappa shape index (κ3) is 11.2. The normalized spacial score (nSPS) is 11.7. The van der Waals surface area contributed by atoms with Gasteiger partial charge in [0.05, 0.1) is 25.3 Å². The molecule has 10 nitrogen and oxygen atoms in total. The zero-order valence-electron chi connectivity index (χ0n) is 32.8. The van der Waals surface area contributed by atoms with Crippen molar-refractivity contribution in [2.24, 2.45) is 0 Å². The Kier molecular flexibility index (Phi) is 15.0. The maximum Gasteiger partial charge on any atom is 0.252 e. The number of nitrogens with one attached hydrogen (secondary N) is 2. The van der Waals surface area contributed by atoms with Gasteiger partial charge in [0.2, 0.25) is 11.8 Å². The molecule has 0 aliphatic rings. The van der Waals surface area contributed by atoms with E-state index in [4.69, 9.17) is 9.47 Å². The van der Waals surface area contributed by atoms with E-state index in [2.05, 4.69) is 23.8 Å². The van der Waals surface area contributed by atoms with Crippen LogP contribution in [0.3, 0.4) is 0 Å². The van der Waals surface area contributed by atoms with Crippen LogP contribution in [0.5, 0.6) is 11.5 Å². The molecular weight excluding hydrogens is 781 g/mol. The van der Waals surface area contributed by atoms with Crippen LogP contribution in [0.1, 0.15) is 31.8 Å². The van der Waals surface area contributed by atoms with Crippen LogP contribution in [0.2, 0.25) is 0 Å². The molecule has 0 heterocycles. The molecule has 0 aliphatic carbocycles. The number of halogens is 4. The fourth-order valence-electron chi connectivity index (χ4n) is 6.48. The summed E-state index contributed by atoms with van der Waals surface area (Å²) in [7, 11) is 2.96. The lowest BCUT2D eigenvalue weighted by molar-refractivity contribution is -0.121. The molecule has 0 fully saturated rings. The van der Waals surface area contributed by atoms with E-state index in [1.54, 1.807) is 48.5 Å². The Balaban J connectivity index is 1.49. The summed E-state index contributed by atoms with van der Waals surface area (Å²) in [4.78, 5) is 59.7. The molecule has 0 saturated heterocycles. The number of methoxy groups -OCH3 is 2. The average molecular weight is 823 g/mol. The summed E-state index contributed by atoms with van der Waals surface area (Å²) in [6, 6.07) is 21.1. The first-order chi connectivity index (χ1) is 28.8. The number of anilines is 2. The number of carbonyl (C=O) groups excluding carboxylic acids is 4. The summed E-state index contributed by atoms with van der Waals surface area (Å²) < 4.78 is 67.9. The van der Waals surface area contributed by atoms with Gasteiger partial charge in [0.1, 0.15) is 46.9 Å². The van der Waals surface area contributed by atoms with Crippen LogP contribution in [0.15, 0.2) is 135 Å². The Morgan fingerprint density at radius 2 is 0.900 bits per heavy atom. The second-order valence-corrected chi connectivity index (χ2v) is 13.4. The number of rotatable bonds is 18. The van der Waals surface area contributed by atoms with Crippen molar-refractivity contribution in [2.75, 3.05) is 37.1 Å². The molecular formula is C46H42F4N4O6. The molecule has 5 rings (SSSR count). The fourth-order valence-corrected chi connectivity index (χ4v) is 6.48. The van der Waals surface area contributed by atoms with Gasteiger partial charge >= 0.3 is 0 Å². The first-order valence-corrected chi connectivity index (χ1v) is 18.6. The van der Waals surface area contributed by atoms with E-state index < -0.39 is 59.0 Å². The largest absolute Gasteiger partial charge is 0.497 e. The average Bonchev–Trinajstić information content (AvgIpc) is 3.23. The molecule has 0 bridgehead atoms. The van der Waals surface area contributed by atoms with Crippen LogP contribution in [0, 0.1) is 23.3 Å². The van der Waals surface area contributed by atoms with Crippen molar-refractivity contribution in [3.8, 4) is 11.5 Å². The van der Waals surface area contributed by atoms with Crippen molar-refractivity contribution in [1.82, 2.24) is 10.6 Å². The Labute approximate surface area is 344 Å². The highest BCUT2D eigenvalue weighted by Gasteiger charge is 2.32. The van der Waals surface area contributed by atoms with Crippen LogP contribution in [-0.2, 0) is 22.4 Å². The molecule has 5 aromatic rings. The van der Waals surface area contributed by atoms with E-state index in [0.717, 1.165) is 24.3 Å². The van der Waals surface area contributed by atoms with Crippen LogP contribution < -0.4 is 29.9 Å². The molecule has 5 aromatic carbocycles. The zero-order valence-corrected chi connectivity index (χ0v) is 32.8. The molecule has 0 saturated carbocycles.